The van der Waals surface area contributed by atoms with E-state index < -0.39 is 17.7 Å². The Hall–Kier alpha value is -0.970. The van der Waals surface area contributed by atoms with E-state index in [9.17, 15) is 17.6 Å². The van der Waals surface area contributed by atoms with Crippen LogP contribution in [0, 0.1) is 6.92 Å². The number of aryl methyl sites for hydroxylation is 1. The molecule has 0 aromatic heterocycles. The van der Waals surface area contributed by atoms with Crippen molar-refractivity contribution in [2.75, 3.05) is 7.11 Å². The molecular weight excluding hydrogens is 260 g/mol. The Morgan fingerprint density at radius 1 is 1.29 bits per heavy atom. The molecule has 0 spiro atoms. The van der Waals surface area contributed by atoms with Gasteiger partial charge in [-0.3, -0.25) is 0 Å². The van der Waals surface area contributed by atoms with Crippen molar-refractivity contribution in [3.63, 3.8) is 0 Å². The Kier molecular flexibility index (Phi) is 4.25. The van der Waals surface area contributed by atoms with Gasteiger partial charge in [0, 0.05) is 0 Å². The predicted octanol–water partition coefficient (Wildman–Crippen LogP) is 4.18. The molecule has 1 unspecified atom stereocenters. The van der Waals surface area contributed by atoms with Crippen molar-refractivity contribution in [1.29, 1.82) is 0 Å². The number of methoxy groups -OCH3 is 1. The molecule has 0 saturated heterocycles. The lowest BCUT2D eigenvalue weighted by Crippen LogP contribution is -2.31. The SMILES string of the molecule is COc1ccc(C(Cl)C(F)(F)C(F)F)cc1C. The molecule has 1 atom stereocenters. The van der Waals surface area contributed by atoms with E-state index in [4.69, 9.17) is 16.3 Å². The molecule has 0 N–H and O–H groups in total. The average molecular weight is 271 g/mol. The van der Waals surface area contributed by atoms with Crippen LogP contribution in [-0.2, 0) is 0 Å². The zero-order chi connectivity index (χ0) is 13.2. The zero-order valence-electron chi connectivity index (χ0n) is 9.18. The van der Waals surface area contributed by atoms with Crippen LogP contribution in [-0.4, -0.2) is 19.5 Å². The number of benzene rings is 1. The van der Waals surface area contributed by atoms with Gasteiger partial charge in [0.2, 0.25) is 0 Å². The Morgan fingerprint density at radius 2 is 1.88 bits per heavy atom. The highest BCUT2D eigenvalue weighted by Crippen LogP contribution is 2.42. The maximum absolute atomic E-state index is 13.0. The summed E-state index contributed by atoms with van der Waals surface area (Å²) in [4.78, 5) is 0. The summed E-state index contributed by atoms with van der Waals surface area (Å²) in [7, 11) is 1.42. The van der Waals surface area contributed by atoms with Gasteiger partial charge < -0.3 is 4.74 Å². The minimum Gasteiger partial charge on any atom is -0.496 e. The van der Waals surface area contributed by atoms with Crippen LogP contribution in [0.3, 0.4) is 0 Å². The van der Waals surface area contributed by atoms with E-state index in [1.807, 2.05) is 0 Å². The molecule has 0 radical (unpaired) electrons. The third-order valence-electron chi connectivity index (χ3n) is 2.34. The lowest BCUT2D eigenvalue weighted by atomic mass is 10.0. The molecule has 0 aliphatic carbocycles. The van der Waals surface area contributed by atoms with Gasteiger partial charge in [0.15, 0.2) is 0 Å². The first-order valence-electron chi connectivity index (χ1n) is 4.75. The van der Waals surface area contributed by atoms with Gasteiger partial charge in [-0.2, -0.15) is 8.78 Å². The van der Waals surface area contributed by atoms with Crippen molar-refractivity contribution < 1.29 is 22.3 Å². The summed E-state index contributed by atoms with van der Waals surface area (Å²) in [6.45, 7) is 1.62. The van der Waals surface area contributed by atoms with E-state index in [0.717, 1.165) is 0 Å². The molecule has 1 aromatic carbocycles. The fraction of sp³-hybridized carbons (Fsp3) is 0.455. The third-order valence-corrected chi connectivity index (χ3v) is 2.88. The molecule has 0 amide bonds. The van der Waals surface area contributed by atoms with E-state index in [1.54, 1.807) is 6.92 Å². The third kappa shape index (κ3) is 2.83. The van der Waals surface area contributed by atoms with Gasteiger partial charge in [0.25, 0.3) is 0 Å². The van der Waals surface area contributed by atoms with E-state index in [0.29, 0.717) is 11.3 Å². The van der Waals surface area contributed by atoms with Crippen LogP contribution in [0.25, 0.3) is 0 Å². The molecule has 0 bridgehead atoms. The minimum absolute atomic E-state index is 0.0599. The molecule has 17 heavy (non-hydrogen) atoms. The lowest BCUT2D eigenvalue weighted by Gasteiger charge is -2.21. The number of hydrogen-bond acceptors (Lipinski definition) is 1. The Labute approximate surface area is 101 Å². The molecule has 0 aliphatic heterocycles. The van der Waals surface area contributed by atoms with Crippen LogP contribution in [0.15, 0.2) is 18.2 Å². The topological polar surface area (TPSA) is 9.23 Å². The molecule has 0 heterocycles. The van der Waals surface area contributed by atoms with Crippen molar-refractivity contribution in [3.05, 3.63) is 29.3 Å². The fourth-order valence-corrected chi connectivity index (χ4v) is 1.62. The van der Waals surface area contributed by atoms with Crippen molar-refractivity contribution in [3.8, 4) is 5.75 Å². The summed E-state index contributed by atoms with van der Waals surface area (Å²) in [5.41, 5.74) is 0.496. The molecule has 1 rings (SSSR count). The summed E-state index contributed by atoms with van der Waals surface area (Å²) in [5, 5.41) is -2.06. The van der Waals surface area contributed by atoms with Gasteiger partial charge >= 0.3 is 12.3 Å². The van der Waals surface area contributed by atoms with E-state index >= 15 is 0 Å². The molecule has 0 fully saturated rings. The number of alkyl halides is 5. The van der Waals surface area contributed by atoms with Gasteiger partial charge in [-0.25, -0.2) is 8.78 Å². The maximum atomic E-state index is 13.0. The van der Waals surface area contributed by atoms with Crippen molar-refractivity contribution in [1.82, 2.24) is 0 Å². The van der Waals surface area contributed by atoms with Crippen LogP contribution in [0.2, 0.25) is 0 Å². The predicted molar refractivity (Wildman–Crippen MR) is 57.3 cm³/mol. The standard InChI is InChI=1S/C11H11ClF4O/c1-6-5-7(3-4-8(6)17-2)9(12)11(15,16)10(13)14/h3-5,9-10H,1-2H3. The Bertz CT molecular complexity index is 395. The number of hydrogen-bond donors (Lipinski definition) is 0. The van der Waals surface area contributed by atoms with Gasteiger partial charge in [-0.05, 0) is 24.1 Å². The molecule has 0 saturated carbocycles. The molecule has 1 nitrogen and oxygen atoms in total. The normalized spacial score (nSPS) is 13.9. The summed E-state index contributed by atoms with van der Waals surface area (Å²) in [6, 6.07) is 3.98. The summed E-state index contributed by atoms with van der Waals surface area (Å²) in [5.74, 6) is -3.78. The van der Waals surface area contributed by atoms with Crippen LogP contribution in [0.1, 0.15) is 16.5 Å². The van der Waals surface area contributed by atoms with Crippen molar-refractivity contribution >= 4 is 11.6 Å². The Balaban J connectivity index is 3.05. The first-order valence-corrected chi connectivity index (χ1v) is 5.19. The lowest BCUT2D eigenvalue weighted by molar-refractivity contribution is -0.130. The highest BCUT2D eigenvalue weighted by Gasteiger charge is 2.48. The second-order valence-electron chi connectivity index (χ2n) is 3.57. The van der Waals surface area contributed by atoms with E-state index in [1.165, 1.54) is 25.3 Å². The fourth-order valence-electron chi connectivity index (χ4n) is 1.39. The maximum Gasteiger partial charge on any atom is 0.327 e. The first-order chi connectivity index (χ1) is 7.80. The van der Waals surface area contributed by atoms with Gasteiger partial charge in [-0.15, -0.1) is 11.6 Å². The van der Waals surface area contributed by atoms with Crippen LogP contribution in [0.4, 0.5) is 17.6 Å². The molecule has 1 aromatic rings. The smallest absolute Gasteiger partial charge is 0.327 e. The molecule has 96 valence electrons. The van der Waals surface area contributed by atoms with E-state index in [-0.39, 0.29) is 5.56 Å². The highest BCUT2D eigenvalue weighted by molar-refractivity contribution is 6.21. The minimum atomic E-state index is -4.26. The first kappa shape index (κ1) is 14.1. The largest absolute Gasteiger partial charge is 0.496 e. The van der Waals surface area contributed by atoms with Gasteiger partial charge in [0.05, 0.1) is 7.11 Å². The van der Waals surface area contributed by atoms with Crippen LogP contribution >= 0.6 is 11.6 Å². The summed E-state index contributed by atoms with van der Waals surface area (Å²) in [6.07, 6.45) is -3.80. The Morgan fingerprint density at radius 3 is 2.29 bits per heavy atom. The van der Waals surface area contributed by atoms with Crippen molar-refractivity contribution in [2.24, 2.45) is 0 Å². The van der Waals surface area contributed by atoms with E-state index in [2.05, 4.69) is 0 Å². The number of ether oxygens (including phenoxy) is 1. The summed E-state index contributed by atoms with van der Waals surface area (Å²) < 4.78 is 55.3. The number of halogens is 5. The quantitative estimate of drug-likeness (QED) is 0.589. The van der Waals surface area contributed by atoms with Gasteiger partial charge in [0.1, 0.15) is 11.1 Å². The number of rotatable bonds is 4. The van der Waals surface area contributed by atoms with Crippen LogP contribution in [0.5, 0.6) is 5.75 Å². The van der Waals surface area contributed by atoms with Crippen molar-refractivity contribution in [2.45, 2.75) is 24.6 Å². The molecule has 0 aliphatic rings. The monoisotopic (exact) mass is 270 g/mol. The van der Waals surface area contributed by atoms with Gasteiger partial charge in [-0.1, -0.05) is 12.1 Å². The second kappa shape index (κ2) is 5.12. The summed E-state index contributed by atoms with van der Waals surface area (Å²) >= 11 is 5.39. The zero-order valence-corrected chi connectivity index (χ0v) is 9.94. The average Bonchev–Trinajstić information content (AvgIpc) is 2.27. The molecule has 6 heteroatoms. The second-order valence-corrected chi connectivity index (χ2v) is 4.00. The van der Waals surface area contributed by atoms with Crippen LogP contribution < -0.4 is 4.74 Å². The molecular formula is C11H11ClF4O. The highest BCUT2D eigenvalue weighted by atomic mass is 35.5.